The second-order valence-corrected chi connectivity index (χ2v) is 39.5. The molecule has 1 saturated carbocycles. The Morgan fingerprint density at radius 2 is 0.960 bits per heavy atom. The fraction of sp³-hybridized carbons (Fsp3) is 0.698. The molecule has 4 N–H and O–H groups in total. The van der Waals surface area contributed by atoms with Gasteiger partial charge in [-0.25, -0.2) is 26.2 Å². The third-order valence-electron chi connectivity index (χ3n) is 15.7. The summed E-state index contributed by atoms with van der Waals surface area (Å²) >= 11 is 0. The standard InChI is InChI=1S/C26H41N5O4SSi.C20H29ClN4O3SSi.C7H14O/c1-37(2,3)15-14-35-18-31-25(27-24-22-8-4-6-20(22)16-21-7-5-9-23(21)24)28-26(29-31)36(33,34)30-12-10-19(17-32)11-13-30;1-30(2,3)11-10-28-13-25-19(23-20(24-25)29(21,26)27)22-18-16-8-4-6-14(16)12-15-7-5-9-17(15)18;8-6-7-4-2-1-3-5-7/h16,19,32H,4-15,17-18H2,1-3H3,(H,27,28,29);12H,4-11,13H2,1-3H3,(H,22,23,24);7-8H,1-6H2. The minimum atomic E-state index is -4.03. The zero-order chi connectivity index (χ0) is 53.5. The third kappa shape index (κ3) is 15.1. The molecule has 22 heteroatoms. The number of nitrogens with one attached hydrogen (secondary N) is 2. The highest BCUT2D eigenvalue weighted by molar-refractivity contribution is 8.13. The van der Waals surface area contributed by atoms with Crippen molar-refractivity contribution in [3.8, 4) is 0 Å². The number of aliphatic hydroxyl groups excluding tert-OH is 2. The molecule has 416 valence electrons. The Kier molecular flexibility index (Phi) is 19.5. The summed E-state index contributed by atoms with van der Waals surface area (Å²) in [5, 5.41) is 33.1. The van der Waals surface area contributed by atoms with Gasteiger partial charge in [-0.3, -0.25) is 0 Å². The normalized spacial score (nSPS) is 18.2. The van der Waals surface area contributed by atoms with Gasteiger partial charge in [-0.15, -0.1) is 10.2 Å². The Hall–Kier alpha value is -3.26. The van der Waals surface area contributed by atoms with Crippen molar-refractivity contribution in [2.45, 2.75) is 197 Å². The largest absolute Gasteiger partial charge is 0.396 e. The molecule has 4 aromatic rings. The molecule has 6 aliphatic rings. The lowest BCUT2D eigenvalue weighted by molar-refractivity contribution is 0.0791. The zero-order valence-corrected chi connectivity index (χ0v) is 49.9. The van der Waals surface area contributed by atoms with Crippen LogP contribution in [0.3, 0.4) is 0 Å². The van der Waals surface area contributed by atoms with Crippen molar-refractivity contribution >= 4 is 69.2 Å². The van der Waals surface area contributed by atoms with Crippen LogP contribution in [0, 0.1) is 11.8 Å². The van der Waals surface area contributed by atoms with Gasteiger partial charge in [-0.05, 0) is 171 Å². The summed E-state index contributed by atoms with van der Waals surface area (Å²) in [4.78, 5) is 8.77. The van der Waals surface area contributed by atoms with Crippen LogP contribution in [0.4, 0.5) is 23.3 Å². The number of anilines is 4. The number of aliphatic hydroxyl groups is 2. The van der Waals surface area contributed by atoms with Gasteiger partial charge in [-0.2, -0.15) is 14.3 Å². The maximum absolute atomic E-state index is 13.5. The molecular weight excluding hydrogens is 1050 g/mol. The van der Waals surface area contributed by atoms with Crippen molar-refractivity contribution in [3.05, 3.63) is 56.6 Å². The van der Waals surface area contributed by atoms with Crippen LogP contribution in [0.25, 0.3) is 0 Å². The van der Waals surface area contributed by atoms with Crippen LogP contribution in [-0.2, 0) is 93.4 Å². The highest BCUT2D eigenvalue weighted by Gasteiger charge is 2.35. The van der Waals surface area contributed by atoms with E-state index in [0.29, 0.717) is 63.6 Å². The van der Waals surface area contributed by atoms with Crippen LogP contribution in [0.15, 0.2) is 22.4 Å². The van der Waals surface area contributed by atoms with E-state index < -0.39 is 40.4 Å². The number of sulfonamides is 1. The van der Waals surface area contributed by atoms with Crippen LogP contribution >= 0.6 is 10.7 Å². The number of aromatic nitrogens is 6. The predicted octanol–water partition coefficient (Wildman–Crippen LogP) is 9.50. The van der Waals surface area contributed by atoms with E-state index in [0.717, 1.165) is 101 Å². The Morgan fingerprint density at radius 3 is 1.33 bits per heavy atom. The van der Waals surface area contributed by atoms with Crippen LogP contribution in [0.5, 0.6) is 0 Å². The van der Waals surface area contributed by atoms with Crippen LogP contribution < -0.4 is 10.6 Å². The number of nitrogens with zero attached hydrogens (tertiary/aromatic N) is 7. The Morgan fingerprint density at radius 1 is 0.573 bits per heavy atom. The summed E-state index contributed by atoms with van der Waals surface area (Å²) in [5.74, 6) is 1.57. The number of hydrogen-bond donors (Lipinski definition) is 4. The van der Waals surface area contributed by atoms with E-state index >= 15 is 0 Å². The number of ether oxygens (including phenoxy) is 2. The topological polar surface area (TPSA) is 216 Å². The van der Waals surface area contributed by atoms with Gasteiger partial charge in [0.15, 0.2) is 0 Å². The molecule has 0 atom stereocenters. The third-order valence-corrected chi connectivity index (χ3v) is 21.9. The van der Waals surface area contributed by atoms with Crippen molar-refractivity contribution in [2.75, 3.05) is 50.2 Å². The molecule has 0 bridgehead atoms. The van der Waals surface area contributed by atoms with E-state index in [1.165, 1.54) is 85.6 Å². The minimum absolute atomic E-state index is 0.0926. The molecular formula is C53H84ClN9O8S2Si2. The first-order valence-electron chi connectivity index (χ1n) is 27.8. The smallest absolute Gasteiger partial charge is 0.298 e. The summed E-state index contributed by atoms with van der Waals surface area (Å²) in [6.07, 6.45) is 20.9. The summed E-state index contributed by atoms with van der Waals surface area (Å²) < 4.78 is 67.0. The van der Waals surface area contributed by atoms with Gasteiger partial charge in [0.1, 0.15) is 13.5 Å². The van der Waals surface area contributed by atoms with Crippen molar-refractivity contribution in [1.29, 1.82) is 0 Å². The average molecular weight is 1130 g/mol. The van der Waals surface area contributed by atoms with Crippen molar-refractivity contribution in [1.82, 2.24) is 33.8 Å². The molecule has 1 saturated heterocycles. The van der Waals surface area contributed by atoms with Crippen LogP contribution in [0.1, 0.15) is 115 Å². The fourth-order valence-electron chi connectivity index (χ4n) is 11.3. The second-order valence-electron chi connectivity index (χ2n) is 24.0. The van der Waals surface area contributed by atoms with Gasteiger partial charge in [-0.1, -0.05) is 70.7 Å². The molecule has 10 rings (SSSR count). The highest BCUT2D eigenvalue weighted by Crippen LogP contribution is 2.42. The molecule has 0 spiro atoms. The monoisotopic (exact) mass is 1130 g/mol. The maximum atomic E-state index is 13.5. The zero-order valence-electron chi connectivity index (χ0n) is 45.5. The average Bonchev–Trinajstić information content (AvgIpc) is 4.24. The number of rotatable bonds is 19. The second kappa shape index (κ2) is 25.2. The SMILES string of the molecule is C[Si](C)(C)CCOCn1nc(S(=O)(=O)Cl)nc1Nc1c2c(cc3c1CCC3)CCC2.C[Si](C)(C)CCOCn1nc(S(=O)(=O)N2CCC(CO)CC2)nc1Nc1c2c(cc3c1CCC3)CCC2.OCC1CCCCC1. The fourth-order valence-corrected chi connectivity index (χ4v) is 14.7. The first-order valence-corrected chi connectivity index (χ1v) is 39.0. The lowest BCUT2D eigenvalue weighted by Gasteiger charge is -2.29. The Balaban J connectivity index is 0.000000176. The first-order chi connectivity index (χ1) is 35.7. The van der Waals surface area contributed by atoms with Crippen LogP contribution in [-0.4, -0.2) is 117 Å². The quantitative estimate of drug-likeness (QED) is 0.0391. The van der Waals surface area contributed by atoms with Gasteiger partial charge in [0.25, 0.3) is 29.4 Å². The number of benzene rings is 2. The van der Waals surface area contributed by atoms with Gasteiger partial charge in [0.2, 0.25) is 11.9 Å². The number of aryl methyl sites for hydroxylation is 4. The van der Waals surface area contributed by atoms with Gasteiger partial charge >= 0.3 is 0 Å². The molecule has 3 heterocycles. The molecule has 1 aliphatic heterocycles. The molecule has 0 unspecified atom stereocenters. The number of hydrogen-bond acceptors (Lipinski definition) is 14. The highest BCUT2D eigenvalue weighted by atomic mass is 35.7. The molecule has 5 aliphatic carbocycles. The Labute approximate surface area is 452 Å². The molecule has 0 radical (unpaired) electrons. The van der Waals surface area contributed by atoms with E-state index in [4.69, 9.17) is 25.3 Å². The lowest BCUT2D eigenvalue weighted by atomic mass is 9.90. The van der Waals surface area contributed by atoms with Gasteiger partial charge < -0.3 is 30.3 Å². The number of piperidine rings is 1. The molecule has 0 amide bonds. The summed E-state index contributed by atoms with van der Waals surface area (Å²) in [7, 11) is -4.83. The van der Waals surface area contributed by atoms with E-state index in [2.05, 4.69) is 82.2 Å². The van der Waals surface area contributed by atoms with Crippen LogP contribution in [0.2, 0.25) is 51.4 Å². The minimum Gasteiger partial charge on any atom is -0.396 e. The van der Waals surface area contributed by atoms with Gasteiger partial charge in [0, 0.05) is 77.7 Å². The van der Waals surface area contributed by atoms with E-state index in [9.17, 15) is 21.9 Å². The number of fused-ring (bicyclic) bond motifs is 4. The van der Waals surface area contributed by atoms with Crippen molar-refractivity contribution in [2.24, 2.45) is 11.8 Å². The van der Waals surface area contributed by atoms with E-state index in [1.807, 2.05) is 0 Å². The van der Waals surface area contributed by atoms with E-state index in [-0.39, 0.29) is 31.1 Å². The van der Waals surface area contributed by atoms with Gasteiger partial charge in [0.05, 0.1) is 0 Å². The number of halogens is 1. The molecule has 2 fully saturated rings. The predicted molar refractivity (Wildman–Crippen MR) is 301 cm³/mol. The van der Waals surface area contributed by atoms with Crippen molar-refractivity contribution < 1.29 is 36.5 Å². The Bertz CT molecular complexity index is 2760. The first kappa shape index (κ1) is 57.9. The van der Waals surface area contributed by atoms with E-state index in [1.54, 1.807) is 4.68 Å². The summed E-state index contributed by atoms with van der Waals surface area (Å²) in [6.45, 7) is 16.5. The summed E-state index contributed by atoms with van der Waals surface area (Å²) in [5.41, 5.74) is 13.1. The molecule has 75 heavy (non-hydrogen) atoms. The molecule has 17 nitrogen and oxygen atoms in total. The maximum Gasteiger partial charge on any atom is 0.298 e. The lowest BCUT2D eigenvalue weighted by Crippen LogP contribution is -2.39. The van der Waals surface area contributed by atoms with Crippen molar-refractivity contribution in [3.63, 3.8) is 0 Å². The molecule has 2 aromatic heterocycles. The molecule has 2 aromatic carbocycles. The summed E-state index contributed by atoms with van der Waals surface area (Å²) in [6, 6.07) is 6.78.